The predicted molar refractivity (Wildman–Crippen MR) is 122 cm³/mol. The minimum Gasteiger partial charge on any atom is -0.487 e. The quantitative estimate of drug-likeness (QED) is 0.394. The Morgan fingerprint density at radius 2 is 1.65 bits per heavy atom. The second-order valence-corrected chi connectivity index (χ2v) is 8.08. The zero-order chi connectivity index (χ0) is 23.5. The number of hydrogen-bond donors (Lipinski definition) is 1. The van der Waals surface area contributed by atoms with Gasteiger partial charge in [-0.05, 0) is 61.4 Å². The molecule has 1 aliphatic rings. The topological polar surface area (TPSA) is 66.9 Å². The fourth-order valence-electron chi connectivity index (χ4n) is 3.83. The first-order valence-corrected chi connectivity index (χ1v) is 11.0. The molecule has 0 spiro atoms. The molecule has 1 aromatic carbocycles. The van der Waals surface area contributed by atoms with Gasteiger partial charge in [-0.25, -0.2) is 9.97 Å². The number of H-pyrrole nitrogens is 1. The van der Waals surface area contributed by atoms with Crippen LogP contribution in [0.4, 0.5) is 19.0 Å². The normalized spacial score (nSPS) is 13.9. The molecule has 6 nitrogen and oxygen atoms in total. The lowest BCUT2D eigenvalue weighted by Crippen LogP contribution is -2.18. The van der Waals surface area contributed by atoms with Crippen LogP contribution in [0.1, 0.15) is 24.1 Å². The number of pyridine rings is 2. The summed E-state index contributed by atoms with van der Waals surface area (Å²) in [5.41, 5.74) is 2.24. The lowest BCUT2D eigenvalue weighted by atomic mass is 10.1. The van der Waals surface area contributed by atoms with Crippen LogP contribution in [0.15, 0.2) is 67.1 Å². The first kappa shape index (κ1) is 21.9. The maximum Gasteiger partial charge on any atom is 0.417 e. The Labute approximate surface area is 194 Å². The van der Waals surface area contributed by atoms with E-state index in [2.05, 4.69) is 24.8 Å². The molecule has 0 radical (unpaired) electrons. The summed E-state index contributed by atoms with van der Waals surface area (Å²) in [6.45, 7) is 2.18. The van der Waals surface area contributed by atoms with Gasteiger partial charge in [-0.2, -0.15) is 13.2 Å². The molecule has 34 heavy (non-hydrogen) atoms. The number of nitrogens with zero attached hydrogens (tertiary/aromatic N) is 4. The van der Waals surface area contributed by atoms with Crippen molar-refractivity contribution in [1.29, 1.82) is 0 Å². The average Bonchev–Trinajstić information content (AvgIpc) is 3.56. The summed E-state index contributed by atoms with van der Waals surface area (Å²) >= 11 is 0. The van der Waals surface area contributed by atoms with Gasteiger partial charge in [0.1, 0.15) is 24.0 Å². The molecule has 0 amide bonds. The molecular weight excluding hydrogens is 443 g/mol. The highest BCUT2D eigenvalue weighted by Gasteiger charge is 2.30. The molecule has 4 heterocycles. The molecular formula is C25H22F3N5O. The van der Waals surface area contributed by atoms with Crippen molar-refractivity contribution in [2.45, 2.75) is 25.6 Å². The third kappa shape index (κ3) is 4.88. The first-order valence-electron chi connectivity index (χ1n) is 11.0. The fourth-order valence-corrected chi connectivity index (χ4v) is 3.83. The van der Waals surface area contributed by atoms with Crippen LogP contribution >= 0.6 is 0 Å². The molecule has 9 heteroatoms. The third-order valence-corrected chi connectivity index (χ3v) is 5.72. The number of benzene rings is 1. The summed E-state index contributed by atoms with van der Waals surface area (Å²) in [5, 5.41) is 0. The summed E-state index contributed by atoms with van der Waals surface area (Å²) in [6.07, 6.45) is 2.50. The van der Waals surface area contributed by atoms with Crippen LogP contribution in [-0.2, 0) is 12.8 Å². The summed E-state index contributed by atoms with van der Waals surface area (Å²) < 4.78 is 43.6. The average molecular weight is 465 g/mol. The van der Waals surface area contributed by atoms with Crippen LogP contribution in [0.5, 0.6) is 5.75 Å². The van der Waals surface area contributed by atoms with Gasteiger partial charge < -0.3 is 14.6 Å². The van der Waals surface area contributed by atoms with E-state index in [4.69, 9.17) is 4.74 Å². The van der Waals surface area contributed by atoms with E-state index in [0.717, 1.165) is 53.8 Å². The predicted octanol–water partition coefficient (Wildman–Crippen LogP) is 5.73. The summed E-state index contributed by atoms with van der Waals surface area (Å²) in [4.78, 5) is 18.6. The van der Waals surface area contributed by atoms with Gasteiger partial charge in [0.05, 0.1) is 17.0 Å². The van der Waals surface area contributed by atoms with Gasteiger partial charge in [-0.15, -0.1) is 0 Å². The molecule has 1 fully saturated rings. The SMILES string of the molecule is FC(F)(F)c1ccc(COc2ccc(-c3c[nH]c(-c4ccc(N5CCCC5)nc4)n3)cc2)nc1. The van der Waals surface area contributed by atoms with Crippen LogP contribution in [0.2, 0.25) is 0 Å². The van der Waals surface area contributed by atoms with Crippen molar-refractivity contribution in [1.82, 2.24) is 19.9 Å². The summed E-state index contributed by atoms with van der Waals surface area (Å²) in [7, 11) is 0. The van der Waals surface area contributed by atoms with Gasteiger partial charge >= 0.3 is 6.18 Å². The molecule has 4 aromatic rings. The van der Waals surface area contributed by atoms with Crippen molar-refractivity contribution < 1.29 is 17.9 Å². The first-order chi connectivity index (χ1) is 16.5. The molecule has 3 aromatic heterocycles. The Bertz CT molecular complexity index is 1230. The number of hydrogen-bond acceptors (Lipinski definition) is 5. The summed E-state index contributed by atoms with van der Waals surface area (Å²) in [6, 6.07) is 13.7. The molecule has 0 unspecified atom stereocenters. The maximum atomic E-state index is 12.6. The Kier molecular flexibility index (Phi) is 5.91. The van der Waals surface area contributed by atoms with Crippen LogP contribution in [-0.4, -0.2) is 33.0 Å². The number of alkyl halides is 3. The number of ether oxygens (including phenoxy) is 1. The van der Waals surface area contributed by atoms with E-state index in [1.807, 2.05) is 36.7 Å². The maximum absolute atomic E-state index is 12.6. The molecule has 1 N–H and O–H groups in total. The Hall–Kier alpha value is -3.88. The number of halogens is 3. The molecule has 174 valence electrons. The molecule has 0 aliphatic carbocycles. The van der Waals surface area contributed by atoms with Crippen molar-refractivity contribution >= 4 is 5.82 Å². The number of nitrogens with one attached hydrogen (secondary N) is 1. The van der Waals surface area contributed by atoms with E-state index < -0.39 is 11.7 Å². The Morgan fingerprint density at radius 1 is 0.882 bits per heavy atom. The van der Waals surface area contributed by atoms with Crippen molar-refractivity contribution in [3.8, 4) is 28.4 Å². The fraction of sp³-hybridized carbons (Fsp3) is 0.240. The van der Waals surface area contributed by atoms with E-state index in [9.17, 15) is 13.2 Å². The van der Waals surface area contributed by atoms with Gasteiger partial charge in [-0.3, -0.25) is 4.98 Å². The van der Waals surface area contributed by atoms with E-state index in [1.54, 1.807) is 12.1 Å². The zero-order valence-electron chi connectivity index (χ0n) is 18.2. The molecule has 0 bridgehead atoms. The van der Waals surface area contributed by atoms with Crippen LogP contribution in [0.3, 0.4) is 0 Å². The molecule has 1 aliphatic heterocycles. The van der Waals surface area contributed by atoms with Gasteiger partial charge in [0.15, 0.2) is 0 Å². The number of rotatable bonds is 6. The number of aromatic nitrogens is 4. The van der Waals surface area contributed by atoms with E-state index >= 15 is 0 Å². The lowest BCUT2D eigenvalue weighted by molar-refractivity contribution is -0.137. The van der Waals surface area contributed by atoms with Gasteiger partial charge in [-0.1, -0.05) is 0 Å². The van der Waals surface area contributed by atoms with Crippen molar-refractivity contribution in [2.75, 3.05) is 18.0 Å². The van der Waals surface area contributed by atoms with Crippen molar-refractivity contribution in [3.05, 3.63) is 78.4 Å². The van der Waals surface area contributed by atoms with Crippen LogP contribution in [0.25, 0.3) is 22.6 Å². The third-order valence-electron chi connectivity index (χ3n) is 5.72. The highest BCUT2D eigenvalue weighted by molar-refractivity contribution is 5.65. The molecule has 0 saturated carbocycles. The highest BCUT2D eigenvalue weighted by atomic mass is 19.4. The van der Waals surface area contributed by atoms with Crippen molar-refractivity contribution in [2.24, 2.45) is 0 Å². The van der Waals surface area contributed by atoms with Gasteiger partial charge in [0.2, 0.25) is 0 Å². The number of anilines is 1. The molecule has 5 rings (SSSR count). The second-order valence-electron chi connectivity index (χ2n) is 8.08. The molecule has 1 saturated heterocycles. The Balaban J connectivity index is 1.21. The standard InChI is InChI=1S/C25H22F3N5O/c26-25(27,28)19-6-7-20(29-14-19)16-34-21-8-3-17(4-9-21)22-15-31-24(32-22)18-5-10-23(30-13-18)33-11-1-2-12-33/h3-10,13-15H,1-2,11-12,16H2,(H,31,32). The number of aromatic amines is 1. The second kappa shape index (κ2) is 9.17. The largest absolute Gasteiger partial charge is 0.487 e. The summed E-state index contributed by atoms with van der Waals surface area (Å²) in [5.74, 6) is 2.32. The smallest absolute Gasteiger partial charge is 0.417 e. The zero-order valence-corrected chi connectivity index (χ0v) is 18.2. The van der Waals surface area contributed by atoms with Crippen molar-refractivity contribution in [3.63, 3.8) is 0 Å². The monoisotopic (exact) mass is 465 g/mol. The lowest BCUT2D eigenvalue weighted by Gasteiger charge is -2.15. The minimum absolute atomic E-state index is 0.0739. The van der Waals surface area contributed by atoms with Crippen LogP contribution in [0, 0.1) is 0 Å². The van der Waals surface area contributed by atoms with E-state index in [0.29, 0.717) is 11.4 Å². The minimum atomic E-state index is -4.40. The van der Waals surface area contributed by atoms with Crippen LogP contribution < -0.4 is 9.64 Å². The van der Waals surface area contributed by atoms with E-state index in [1.165, 1.54) is 18.9 Å². The molecule has 0 atom stereocenters. The van der Waals surface area contributed by atoms with E-state index in [-0.39, 0.29) is 6.61 Å². The Morgan fingerprint density at radius 3 is 2.29 bits per heavy atom. The number of imidazole rings is 1. The van der Waals surface area contributed by atoms with Gasteiger partial charge in [0, 0.05) is 42.8 Å². The van der Waals surface area contributed by atoms with Gasteiger partial charge in [0.25, 0.3) is 0 Å². The highest BCUT2D eigenvalue weighted by Crippen LogP contribution is 2.29.